The van der Waals surface area contributed by atoms with Gasteiger partial charge in [0.2, 0.25) is 5.91 Å². The average molecular weight is 248 g/mol. The number of aromatic hydroxyl groups is 1. The number of phenolic OH excluding ortho intramolecular Hbond substituents is 1. The van der Waals surface area contributed by atoms with Crippen molar-refractivity contribution in [2.24, 2.45) is 11.7 Å². The molecule has 1 aromatic carbocycles. The average Bonchev–Trinajstić information content (AvgIpc) is 2.81. The van der Waals surface area contributed by atoms with Gasteiger partial charge in [0, 0.05) is 12.6 Å². The van der Waals surface area contributed by atoms with E-state index in [-0.39, 0.29) is 11.8 Å². The molecule has 4 heteroatoms. The molecule has 0 saturated carbocycles. The molecular formula is C14H20N2O2. The van der Waals surface area contributed by atoms with E-state index < -0.39 is 0 Å². The first kappa shape index (κ1) is 12.9. The van der Waals surface area contributed by atoms with Crippen molar-refractivity contribution in [3.05, 3.63) is 29.8 Å². The lowest BCUT2D eigenvalue weighted by molar-refractivity contribution is -0.121. The largest absolute Gasteiger partial charge is 0.508 e. The maximum Gasteiger partial charge on any atom is 0.221 e. The number of likely N-dealkylation sites (tertiary alicyclic amines) is 1. The number of rotatable bonds is 4. The van der Waals surface area contributed by atoms with Gasteiger partial charge in [-0.2, -0.15) is 0 Å². The number of carbonyl (C=O) groups is 1. The van der Waals surface area contributed by atoms with E-state index in [9.17, 15) is 9.90 Å². The van der Waals surface area contributed by atoms with E-state index in [4.69, 9.17) is 5.73 Å². The third-order valence-corrected chi connectivity index (χ3v) is 3.71. The molecule has 0 radical (unpaired) electrons. The van der Waals surface area contributed by atoms with E-state index >= 15 is 0 Å². The standard InChI is InChI=1S/C14H20N2O2/c1-10(8-11-2-4-13(17)5-3-11)16-7-6-12(9-16)14(15)18/h2-5,10,12,17H,6-9H2,1H3,(H2,15,18). The third kappa shape index (κ3) is 3.01. The van der Waals surface area contributed by atoms with Crippen LogP contribution in [0, 0.1) is 5.92 Å². The SMILES string of the molecule is CC(Cc1ccc(O)cc1)N1CCC(C(N)=O)C1. The Morgan fingerprint density at radius 2 is 2.17 bits per heavy atom. The lowest BCUT2D eigenvalue weighted by atomic mass is 10.1. The zero-order valence-corrected chi connectivity index (χ0v) is 10.7. The molecule has 18 heavy (non-hydrogen) atoms. The van der Waals surface area contributed by atoms with Gasteiger partial charge >= 0.3 is 0 Å². The Morgan fingerprint density at radius 1 is 1.50 bits per heavy atom. The van der Waals surface area contributed by atoms with Crippen molar-refractivity contribution >= 4 is 5.91 Å². The van der Waals surface area contributed by atoms with Crippen LogP contribution in [0.5, 0.6) is 5.75 Å². The number of hydrogen-bond donors (Lipinski definition) is 2. The summed E-state index contributed by atoms with van der Waals surface area (Å²) < 4.78 is 0. The van der Waals surface area contributed by atoms with Crippen LogP contribution >= 0.6 is 0 Å². The van der Waals surface area contributed by atoms with Gasteiger partial charge in [-0.1, -0.05) is 12.1 Å². The van der Waals surface area contributed by atoms with E-state index in [1.54, 1.807) is 12.1 Å². The van der Waals surface area contributed by atoms with Gasteiger partial charge in [-0.15, -0.1) is 0 Å². The highest BCUT2D eigenvalue weighted by Crippen LogP contribution is 2.20. The minimum atomic E-state index is -0.186. The molecule has 2 unspecified atom stereocenters. The Labute approximate surface area is 107 Å². The van der Waals surface area contributed by atoms with Crippen molar-refractivity contribution in [2.75, 3.05) is 13.1 Å². The lowest BCUT2D eigenvalue weighted by Crippen LogP contribution is -2.34. The number of amides is 1. The van der Waals surface area contributed by atoms with Crippen molar-refractivity contribution < 1.29 is 9.90 Å². The Balaban J connectivity index is 1.91. The molecule has 0 spiro atoms. The molecular weight excluding hydrogens is 228 g/mol. The molecule has 2 atom stereocenters. The second kappa shape index (κ2) is 5.40. The van der Waals surface area contributed by atoms with E-state index in [2.05, 4.69) is 11.8 Å². The van der Waals surface area contributed by atoms with Crippen LogP contribution in [0.1, 0.15) is 18.9 Å². The maximum atomic E-state index is 11.1. The van der Waals surface area contributed by atoms with Crippen LogP contribution in [0.2, 0.25) is 0 Å². The Bertz CT molecular complexity index is 416. The summed E-state index contributed by atoms with van der Waals surface area (Å²) in [5.41, 5.74) is 6.53. The summed E-state index contributed by atoms with van der Waals surface area (Å²) in [4.78, 5) is 13.4. The first-order valence-corrected chi connectivity index (χ1v) is 6.37. The van der Waals surface area contributed by atoms with E-state index in [0.717, 1.165) is 25.9 Å². The fourth-order valence-electron chi connectivity index (χ4n) is 2.52. The van der Waals surface area contributed by atoms with E-state index in [1.165, 1.54) is 5.56 Å². The third-order valence-electron chi connectivity index (χ3n) is 3.71. The number of nitrogens with zero attached hydrogens (tertiary/aromatic N) is 1. The Hall–Kier alpha value is -1.55. The molecule has 3 N–H and O–H groups in total. The number of primary amides is 1. The first-order chi connectivity index (χ1) is 8.56. The van der Waals surface area contributed by atoms with Crippen LogP contribution in [0.15, 0.2) is 24.3 Å². The molecule has 1 heterocycles. The minimum Gasteiger partial charge on any atom is -0.508 e. The number of hydrogen-bond acceptors (Lipinski definition) is 3. The molecule has 0 aromatic heterocycles. The van der Waals surface area contributed by atoms with Crippen molar-refractivity contribution in [1.29, 1.82) is 0 Å². The number of nitrogens with two attached hydrogens (primary N) is 1. The zero-order chi connectivity index (χ0) is 13.1. The van der Waals surface area contributed by atoms with Gasteiger partial charge in [0.05, 0.1) is 5.92 Å². The quantitative estimate of drug-likeness (QED) is 0.839. The molecule has 2 rings (SSSR count). The van der Waals surface area contributed by atoms with Crippen LogP contribution in [-0.4, -0.2) is 35.0 Å². The highest BCUT2D eigenvalue weighted by molar-refractivity contribution is 5.77. The molecule has 1 fully saturated rings. The van der Waals surface area contributed by atoms with Crippen LogP contribution in [0.3, 0.4) is 0 Å². The van der Waals surface area contributed by atoms with Crippen molar-refractivity contribution in [3.8, 4) is 5.75 Å². The molecule has 1 saturated heterocycles. The fraction of sp³-hybridized carbons (Fsp3) is 0.500. The summed E-state index contributed by atoms with van der Waals surface area (Å²) in [5, 5.41) is 9.24. The summed E-state index contributed by atoms with van der Waals surface area (Å²) in [6, 6.07) is 7.68. The van der Waals surface area contributed by atoms with Crippen LogP contribution < -0.4 is 5.73 Å². The summed E-state index contributed by atoms with van der Waals surface area (Å²) >= 11 is 0. The minimum absolute atomic E-state index is 0.00673. The molecule has 98 valence electrons. The van der Waals surface area contributed by atoms with E-state index in [0.29, 0.717) is 11.8 Å². The first-order valence-electron chi connectivity index (χ1n) is 6.37. The van der Waals surface area contributed by atoms with Crippen molar-refractivity contribution in [1.82, 2.24) is 4.90 Å². The molecule has 0 bridgehead atoms. The van der Waals surface area contributed by atoms with Crippen molar-refractivity contribution in [3.63, 3.8) is 0 Å². The smallest absolute Gasteiger partial charge is 0.221 e. The summed E-state index contributed by atoms with van der Waals surface area (Å²) in [7, 11) is 0. The topological polar surface area (TPSA) is 66.6 Å². The zero-order valence-electron chi connectivity index (χ0n) is 10.7. The number of benzene rings is 1. The molecule has 1 amide bonds. The number of phenols is 1. The highest BCUT2D eigenvalue weighted by Gasteiger charge is 2.29. The Morgan fingerprint density at radius 3 is 2.72 bits per heavy atom. The molecule has 1 aliphatic heterocycles. The normalized spacial score (nSPS) is 21.9. The van der Waals surface area contributed by atoms with Gasteiger partial charge in [0.15, 0.2) is 0 Å². The van der Waals surface area contributed by atoms with Gasteiger partial charge in [0.25, 0.3) is 0 Å². The van der Waals surface area contributed by atoms with E-state index in [1.807, 2.05) is 12.1 Å². The summed E-state index contributed by atoms with van der Waals surface area (Å²) in [6.07, 6.45) is 1.79. The lowest BCUT2D eigenvalue weighted by Gasteiger charge is -2.24. The Kier molecular flexibility index (Phi) is 3.87. The molecule has 4 nitrogen and oxygen atoms in total. The number of carbonyl (C=O) groups excluding carboxylic acids is 1. The van der Waals surface area contributed by atoms with Crippen LogP contribution in [-0.2, 0) is 11.2 Å². The van der Waals surface area contributed by atoms with Gasteiger partial charge in [0.1, 0.15) is 5.75 Å². The maximum absolute atomic E-state index is 11.1. The predicted molar refractivity (Wildman–Crippen MR) is 70.1 cm³/mol. The fourth-order valence-corrected chi connectivity index (χ4v) is 2.52. The highest BCUT2D eigenvalue weighted by atomic mass is 16.3. The van der Waals surface area contributed by atoms with Gasteiger partial charge in [-0.05, 0) is 44.0 Å². The van der Waals surface area contributed by atoms with Gasteiger partial charge in [-0.25, -0.2) is 0 Å². The summed E-state index contributed by atoms with van der Waals surface area (Å²) in [5.74, 6) is 0.114. The van der Waals surface area contributed by atoms with Gasteiger partial charge in [-0.3, -0.25) is 9.69 Å². The summed E-state index contributed by atoms with van der Waals surface area (Å²) in [6.45, 7) is 3.87. The monoisotopic (exact) mass is 248 g/mol. The molecule has 0 aliphatic carbocycles. The molecule has 1 aromatic rings. The van der Waals surface area contributed by atoms with Gasteiger partial charge < -0.3 is 10.8 Å². The second-order valence-corrected chi connectivity index (χ2v) is 5.10. The van der Waals surface area contributed by atoms with Crippen LogP contribution in [0.25, 0.3) is 0 Å². The predicted octanol–water partition coefficient (Wildman–Crippen LogP) is 1.13. The molecule has 1 aliphatic rings. The van der Waals surface area contributed by atoms with Crippen molar-refractivity contribution in [2.45, 2.75) is 25.8 Å². The van der Waals surface area contributed by atoms with Crippen LogP contribution in [0.4, 0.5) is 0 Å². The second-order valence-electron chi connectivity index (χ2n) is 5.10.